The van der Waals surface area contributed by atoms with E-state index in [1.165, 1.54) is 0 Å². The van der Waals surface area contributed by atoms with Gasteiger partial charge in [-0.15, -0.1) is 0 Å². The van der Waals surface area contributed by atoms with Crippen molar-refractivity contribution in [2.75, 3.05) is 26.5 Å². The molecule has 0 aliphatic carbocycles. The molecule has 1 unspecified atom stereocenters. The molecule has 2 aliphatic rings. The van der Waals surface area contributed by atoms with Crippen molar-refractivity contribution in [3.05, 3.63) is 23.8 Å². The van der Waals surface area contributed by atoms with Gasteiger partial charge in [0.05, 0.1) is 6.61 Å². The summed E-state index contributed by atoms with van der Waals surface area (Å²) in [7, 11) is 0. The lowest BCUT2D eigenvalue weighted by atomic mass is 10.1. The van der Waals surface area contributed by atoms with E-state index < -0.39 is 0 Å². The Morgan fingerprint density at radius 3 is 3.11 bits per heavy atom. The zero-order chi connectivity index (χ0) is 13.2. The fraction of sp³-hybridized carbons (Fsp3) is 0.462. The van der Waals surface area contributed by atoms with Gasteiger partial charge in [-0.25, -0.2) is 5.90 Å². The van der Waals surface area contributed by atoms with E-state index in [1.807, 2.05) is 4.90 Å². The number of amides is 1. The van der Waals surface area contributed by atoms with E-state index in [0.29, 0.717) is 36.1 Å². The molecule has 6 heteroatoms. The van der Waals surface area contributed by atoms with E-state index in [1.54, 1.807) is 18.2 Å². The topological polar surface area (TPSA) is 74.0 Å². The smallest absolute Gasteiger partial charge is 0.254 e. The maximum atomic E-state index is 12.4. The molecule has 1 aromatic carbocycles. The summed E-state index contributed by atoms with van der Waals surface area (Å²) in [5, 5.41) is 0. The van der Waals surface area contributed by atoms with Crippen LogP contribution in [0.3, 0.4) is 0 Å². The van der Waals surface area contributed by atoms with Crippen LogP contribution < -0.4 is 15.4 Å². The monoisotopic (exact) mass is 264 g/mol. The number of carbonyl (C=O) groups excluding carboxylic acids is 1. The molecule has 1 amide bonds. The number of hydrogen-bond donors (Lipinski definition) is 1. The maximum Gasteiger partial charge on any atom is 0.254 e. The summed E-state index contributed by atoms with van der Waals surface area (Å²) >= 11 is 0. The number of likely N-dealkylation sites (tertiary alicyclic amines) is 1. The molecule has 1 saturated heterocycles. The van der Waals surface area contributed by atoms with Crippen LogP contribution in [-0.4, -0.2) is 37.3 Å². The Balaban J connectivity index is 1.71. The van der Waals surface area contributed by atoms with Gasteiger partial charge in [0, 0.05) is 24.6 Å². The lowest BCUT2D eigenvalue weighted by molar-refractivity contribution is 0.0754. The van der Waals surface area contributed by atoms with Gasteiger partial charge in [0.1, 0.15) is 0 Å². The molecule has 6 nitrogen and oxygen atoms in total. The summed E-state index contributed by atoms with van der Waals surface area (Å²) in [4.78, 5) is 18.8. The van der Waals surface area contributed by atoms with Crippen molar-refractivity contribution in [3.63, 3.8) is 0 Å². The van der Waals surface area contributed by atoms with Crippen LogP contribution in [0.5, 0.6) is 11.5 Å². The highest BCUT2D eigenvalue weighted by Gasteiger charge is 2.28. The minimum Gasteiger partial charge on any atom is -0.454 e. The molecular formula is C13H16N2O4. The Labute approximate surface area is 111 Å². The van der Waals surface area contributed by atoms with Crippen LogP contribution in [0.25, 0.3) is 0 Å². The molecule has 0 aromatic heterocycles. The summed E-state index contributed by atoms with van der Waals surface area (Å²) in [6.07, 6.45) is 0.924. The van der Waals surface area contributed by atoms with Gasteiger partial charge in [0.25, 0.3) is 5.91 Å². The number of ether oxygens (including phenoxy) is 2. The van der Waals surface area contributed by atoms with Crippen LogP contribution in [0.4, 0.5) is 0 Å². The zero-order valence-electron chi connectivity index (χ0n) is 10.5. The first-order valence-corrected chi connectivity index (χ1v) is 6.28. The molecule has 0 radical (unpaired) electrons. The van der Waals surface area contributed by atoms with Gasteiger partial charge < -0.3 is 19.2 Å². The third kappa shape index (κ3) is 2.36. The Morgan fingerprint density at radius 2 is 2.26 bits per heavy atom. The second-order valence-electron chi connectivity index (χ2n) is 4.81. The molecular weight excluding hydrogens is 248 g/mol. The predicted octanol–water partition coefficient (Wildman–Crippen LogP) is 0.768. The van der Waals surface area contributed by atoms with Crippen LogP contribution in [0.1, 0.15) is 16.8 Å². The third-order valence-corrected chi connectivity index (χ3v) is 3.52. The summed E-state index contributed by atoms with van der Waals surface area (Å²) in [5.41, 5.74) is 0.624. The minimum absolute atomic E-state index is 0.0119. The van der Waals surface area contributed by atoms with Gasteiger partial charge in [-0.3, -0.25) is 4.79 Å². The maximum absolute atomic E-state index is 12.4. The van der Waals surface area contributed by atoms with Crippen molar-refractivity contribution in [1.82, 2.24) is 4.90 Å². The standard InChI is InChI=1S/C13H16N2O4/c14-19-7-9-3-4-15(6-9)13(16)10-1-2-11-12(5-10)18-8-17-11/h1-2,5,9H,3-4,6-8,14H2. The molecule has 1 atom stereocenters. The van der Waals surface area contributed by atoms with Gasteiger partial charge in [0.2, 0.25) is 6.79 Å². The minimum atomic E-state index is 0.0119. The van der Waals surface area contributed by atoms with E-state index in [-0.39, 0.29) is 12.7 Å². The van der Waals surface area contributed by atoms with Crippen molar-refractivity contribution in [2.45, 2.75) is 6.42 Å². The number of rotatable bonds is 3. The summed E-state index contributed by atoms with van der Waals surface area (Å²) in [5.74, 6) is 6.72. The largest absolute Gasteiger partial charge is 0.454 e. The lowest BCUT2D eigenvalue weighted by Crippen LogP contribution is -2.29. The zero-order valence-corrected chi connectivity index (χ0v) is 10.5. The van der Waals surface area contributed by atoms with E-state index in [9.17, 15) is 4.79 Å². The van der Waals surface area contributed by atoms with Crippen LogP contribution in [0, 0.1) is 5.92 Å². The number of nitrogens with zero attached hydrogens (tertiary/aromatic N) is 1. The second kappa shape index (κ2) is 5.07. The van der Waals surface area contributed by atoms with Gasteiger partial charge in [-0.1, -0.05) is 0 Å². The van der Waals surface area contributed by atoms with Crippen molar-refractivity contribution >= 4 is 5.91 Å². The van der Waals surface area contributed by atoms with E-state index in [2.05, 4.69) is 4.84 Å². The van der Waals surface area contributed by atoms with E-state index >= 15 is 0 Å². The highest BCUT2D eigenvalue weighted by molar-refractivity contribution is 5.95. The van der Waals surface area contributed by atoms with Gasteiger partial charge in [-0.05, 0) is 24.6 Å². The van der Waals surface area contributed by atoms with Crippen molar-refractivity contribution in [2.24, 2.45) is 11.8 Å². The number of nitrogens with two attached hydrogens (primary N) is 1. The number of benzene rings is 1. The highest BCUT2D eigenvalue weighted by atomic mass is 16.7. The highest BCUT2D eigenvalue weighted by Crippen LogP contribution is 2.33. The molecule has 0 saturated carbocycles. The fourth-order valence-corrected chi connectivity index (χ4v) is 2.50. The SMILES string of the molecule is NOCC1CCN(C(=O)c2ccc3c(c2)OCO3)C1. The fourth-order valence-electron chi connectivity index (χ4n) is 2.50. The molecule has 2 aliphatic heterocycles. The quantitative estimate of drug-likeness (QED) is 0.816. The molecule has 2 N–H and O–H groups in total. The van der Waals surface area contributed by atoms with Crippen LogP contribution in [0.15, 0.2) is 18.2 Å². The van der Waals surface area contributed by atoms with Crippen molar-refractivity contribution < 1.29 is 19.1 Å². The van der Waals surface area contributed by atoms with E-state index in [4.69, 9.17) is 15.4 Å². The Hall–Kier alpha value is -1.79. The Bertz CT molecular complexity index is 492. The predicted molar refractivity (Wildman–Crippen MR) is 66.7 cm³/mol. The van der Waals surface area contributed by atoms with Crippen LogP contribution >= 0.6 is 0 Å². The number of hydrogen-bond acceptors (Lipinski definition) is 5. The first kappa shape index (κ1) is 12.3. The second-order valence-corrected chi connectivity index (χ2v) is 4.81. The Kier molecular flexibility index (Phi) is 3.27. The molecule has 102 valence electrons. The summed E-state index contributed by atoms with van der Waals surface area (Å²) < 4.78 is 10.5. The Morgan fingerprint density at radius 1 is 1.42 bits per heavy atom. The summed E-state index contributed by atoms with van der Waals surface area (Å²) in [6.45, 7) is 2.13. The molecule has 0 spiro atoms. The molecule has 19 heavy (non-hydrogen) atoms. The normalized spacial score (nSPS) is 20.9. The summed E-state index contributed by atoms with van der Waals surface area (Å²) in [6, 6.07) is 5.27. The molecule has 0 bridgehead atoms. The number of fused-ring (bicyclic) bond motifs is 1. The van der Waals surface area contributed by atoms with E-state index in [0.717, 1.165) is 13.0 Å². The van der Waals surface area contributed by atoms with Gasteiger partial charge in [-0.2, -0.15) is 0 Å². The average Bonchev–Trinajstić information content (AvgIpc) is 3.05. The van der Waals surface area contributed by atoms with Crippen molar-refractivity contribution in [3.8, 4) is 11.5 Å². The molecule has 1 fully saturated rings. The van der Waals surface area contributed by atoms with Crippen LogP contribution in [0.2, 0.25) is 0 Å². The molecule has 1 aromatic rings. The average molecular weight is 264 g/mol. The lowest BCUT2D eigenvalue weighted by Gasteiger charge is -2.16. The van der Waals surface area contributed by atoms with Crippen molar-refractivity contribution in [1.29, 1.82) is 0 Å². The van der Waals surface area contributed by atoms with Gasteiger partial charge >= 0.3 is 0 Å². The first-order valence-electron chi connectivity index (χ1n) is 6.28. The number of carbonyl (C=O) groups is 1. The third-order valence-electron chi connectivity index (χ3n) is 3.52. The first-order chi connectivity index (χ1) is 9.28. The van der Waals surface area contributed by atoms with Crippen LogP contribution in [-0.2, 0) is 4.84 Å². The molecule has 3 rings (SSSR count). The molecule has 2 heterocycles. The van der Waals surface area contributed by atoms with Gasteiger partial charge in [0.15, 0.2) is 11.5 Å².